The first kappa shape index (κ1) is 44.4. The van der Waals surface area contributed by atoms with E-state index in [9.17, 15) is 0 Å². The van der Waals surface area contributed by atoms with Crippen molar-refractivity contribution < 1.29 is 0 Å². The summed E-state index contributed by atoms with van der Waals surface area (Å²) in [6.45, 7) is 35.3. The fourth-order valence-electron chi connectivity index (χ4n) is 9.97. The van der Waals surface area contributed by atoms with Gasteiger partial charge in [-0.1, -0.05) is 213 Å². The van der Waals surface area contributed by atoms with Crippen LogP contribution in [0.3, 0.4) is 0 Å². The van der Waals surface area contributed by atoms with E-state index in [2.05, 4.69) is 259 Å². The molecule has 0 aromatic heterocycles. The second kappa shape index (κ2) is 15.4. The molecule has 9 rings (SSSR count). The molecule has 0 saturated carbocycles. The van der Waals surface area contributed by atoms with Gasteiger partial charge in [0.1, 0.15) is 0 Å². The van der Waals surface area contributed by atoms with Crippen LogP contribution < -0.4 is 26.2 Å². The number of hydrogen-bond acceptors (Lipinski definition) is 2. The molecule has 7 aromatic carbocycles. The van der Waals surface area contributed by atoms with Crippen molar-refractivity contribution in [2.75, 3.05) is 9.80 Å². The molecule has 0 aliphatic carbocycles. The SMILES string of the molecule is CC(C)(C)c1cc(N2c3cc(C(C)(C)C)ccc3B3c4ccc(C(C)(C)C)cc4N(c4c(-c5ccccc5)cccc4-c4ccccc4)c4cc(C(C)(C)C)cc2c43)cc(C(C)(C)C)c1. The Labute approximate surface area is 391 Å². The Morgan fingerprint density at radius 3 is 1.11 bits per heavy atom. The molecule has 0 saturated heterocycles. The van der Waals surface area contributed by atoms with Gasteiger partial charge in [-0.25, -0.2) is 0 Å². The minimum absolute atomic E-state index is 0.00602. The van der Waals surface area contributed by atoms with Crippen LogP contribution in [-0.4, -0.2) is 6.71 Å². The highest BCUT2D eigenvalue weighted by Gasteiger charge is 2.46. The zero-order valence-electron chi connectivity index (χ0n) is 41.8. The molecule has 3 heteroatoms. The molecule has 0 amide bonds. The monoisotopic (exact) mass is 853 g/mol. The van der Waals surface area contributed by atoms with Crippen LogP contribution in [0.2, 0.25) is 0 Å². The average molecular weight is 853 g/mol. The van der Waals surface area contributed by atoms with Crippen molar-refractivity contribution in [3.05, 3.63) is 173 Å². The first-order valence-corrected chi connectivity index (χ1v) is 23.9. The summed E-state index contributed by atoms with van der Waals surface area (Å²) in [6, 6.07) is 56.3. The van der Waals surface area contributed by atoms with Crippen LogP contribution in [-0.2, 0) is 27.1 Å². The maximum Gasteiger partial charge on any atom is 0.252 e. The Bertz CT molecular complexity index is 2850. The van der Waals surface area contributed by atoms with E-state index in [1.54, 1.807) is 0 Å². The fraction of sp³-hybridized carbons (Fsp3) is 0.323. The van der Waals surface area contributed by atoms with Crippen molar-refractivity contribution in [2.45, 2.75) is 131 Å². The summed E-state index contributed by atoms with van der Waals surface area (Å²) in [5.74, 6) is 0. The summed E-state index contributed by atoms with van der Waals surface area (Å²) >= 11 is 0. The molecule has 0 spiro atoms. The van der Waals surface area contributed by atoms with E-state index in [0.29, 0.717) is 0 Å². The van der Waals surface area contributed by atoms with Gasteiger partial charge in [-0.15, -0.1) is 0 Å². The summed E-state index contributed by atoms with van der Waals surface area (Å²) in [4.78, 5) is 5.34. The molecule has 2 aliphatic rings. The third-order valence-corrected chi connectivity index (χ3v) is 14.0. The van der Waals surface area contributed by atoms with Crippen molar-refractivity contribution >= 4 is 57.2 Å². The first-order valence-electron chi connectivity index (χ1n) is 23.9. The van der Waals surface area contributed by atoms with Gasteiger partial charge in [0.25, 0.3) is 6.71 Å². The number of rotatable bonds is 4. The lowest BCUT2D eigenvalue weighted by Gasteiger charge is -2.46. The van der Waals surface area contributed by atoms with Crippen LogP contribution >= 0.6 is 0 Å². The van der Waals surface area contributed by atoms with Crippen LogP contribution in [0.1, 0.15) is 132 Å². The first-order chi connectivity index (χ1) is 30.4. The molecular weight excluding hydrogens is 784 g/mol. The van der Waals surface area contributed by atoms with Gasteiger partial charge in [0, 0.05) is 39.6 Å². The molecule has 0 radical (unpaired) electrons. The van der Waals surface area contributed by atoms with Gasteiger partial charge < -0.3 is 9.80 Å². The number of fused-ring (bicyclic) bond motifs is 4. The minimum atomic E-state index is -0.148. The summed E-state index contributed by atoms with van der Waals surface area (Å²) in [5, 5.41) is 0. The normalized spacial score (nSPS) is 14.0. The molecule has 2 nitrogen and oxygen atoms in total. The third kappa shape index (κ3) is 7.94. The zero-order chi connectivity index (χ0) is 46.6. The summed E-state index contributed by atoms with van der Waals surface area (Å²) in [5.41, 5.74) is 22.6. The van der Waals surface area contributed by atoms with E-state index < -0.39 is 0 Å². The quantitative estimate of drug-likeness (QED) is 0.163. The molecule has 0 unspecified atom stereocenters. The van der Waals surface area contributed by atoms with Gasteiger partial charge in [0.05, 0.1) is 5.69 Å². The summed E-state index contributed by atoms with van der Waals surface area (Å²) in [6.07, 6.45) is 0. The average Bonchev–Trinajstić information content (AvgIpc) is 3.24. The fourth-order valence-corrected chi connectivity index (χ4v) is 9.97. The molecule has 7 aromatic rings. The van der Waals surface area contributed by atoms with E-state index in [1.165, 1.54) is 101 Å². The topological polar surface area (TPSA) is 6.48 Å². The summed E-state index contributed by atoms with van der Waals surface area (Å²) in [7, 11) is 0. The summed E-state index contributed by atoms with van der Waals surface area (Å²) < 4.78 is 0. The van der Waals surface area contributed by atoms with Gasteiger partial charge in [-0.05, 0) is 119 Å². The minimum Gasteiger partial charge on any atom is -0.311 e. The number of anilines is 6. The van der Waals surface area contributed by atoms with Crippen molar-refractivity contribution in [3.63, 3.8) is 0 Å². The molecule has 0 N–H and O–H groups in total. The second-order valence-corrected chi connectivity index (χ2v) is 24.0. The van der Waals surface area contributed by atoms with Crippen molar-refractivity contribution in [3.8, 4) is 22.3 Å². The molecule has 0 atom stereocenters. The zero-order valence-corrected chi connectivity index (χ0v) is 41.8. The van der Waals surface area contributed by atoms with Gasteiger partial charge >= 0.3 is 0 Å². The lowest BCUT2D eigenvalue weighted by atomic mass is 9.33. The van der Waals surface area contributed by atoms with E-state index in [0.717, 1.165) is 0 Å². The van der Waals surface area contributed by atoms with Gasteiger partial charge in [0.15, 0.2) is 0 Å². The van der Waals surface area contributed by atoms with Gasteiger partial charge in [0.2, 0.25) is 0 Å². The highest BCUT2D eigenvalue weighted by Crippen LogP contribution is 2.52. The Morgan fingerprint density at radius 1 is 0.323 bits per heavy atom. The van der Waals surface area contributed by atoms with Crippen molar-refractivity contribution in [2.24, 2.45) is 0 Å². The second-order valence-electron chi connectivity index (χ2n) is 24.0. The number of benzene rings is 7. The molecule has 65 heavy (non-hydrogen) atoms. The lowest BCUT2D eigenvalue weighted by molar-refractivity contribution is 0.569. The Morgan fingerprint density at radius 2 is 0.692 bits per heavy atom. The van der Waals surface area contributed by atoms with E-state index in [1.807, 2.05) is 0 Å². The molecule has 2 heterocycles. The highest BCUT2D eigenvalue weighted by molar-refractivity contribution is 7.00. The molecule has 0 fully saturated rings. The van der Waals surface area contributed by atoms with E-state index in [-0.39, 0.29) is 33.8 Å². The Kier molecular flexibility index (Phi) is 10.5. The number of para-hydroxylation sites is 1. The van der Waals surface area contributed by atoms with Crippen LogP contribution in [0.4, 0.5) is 34.1 Å². The van der Waals surface area contributed by atoms with Gasteiger partial charge in [-0.2, -0.15) is 0 Å². The Hall–Kier alpha value is -5.80. The molecule has 0 bridgehead atoms. The van der Waals surface area contributed by atoms with E-state index in [4.69, 9.17) is 0 Å². The van der Waals surface area contributed by atoms with Crippen molar-refractivity contribution in [1.29, 1.82) is 0 Å². The van der Waals surface area contributed by atoms with Gasteiger partial charge in [-0.3, -0.25) is 0 Å². The smallest absolute Gasteiger partial charge is 0.252 e. The standard InChI is InChI=1S/C62H69BN2/c1-58(2,3)42-29-31-50-52(36-42)64(47-34-44(60(7,8)9)33-45(35-47)61(10,11)12)54-38-46(62(13,14)15)39-55-56(54)63(50)51-32-30-43(59(4,5)6)37-53(51)65(55)57-48(40-23-18-16-19-24-40)27-22-28-49(57)41-25-20-17-21-26-41/h16-39H,1-15H3. The molecule has 2 aliphatic heterocycles. The van der Waals surface area contributed by atoms with Crippen molar-refractivity contribution in [1.82, 2.24) is 0 Å². The molecule has 330 valence electrons. The third-order valence-electron chi connectivity index (χ3n) is 14.0. The maximum atomic E-state index is 2.68. The largest absolute Gasteiger partial charge is 0.311 e. The molecular formula is C62H69BN2. The lowest BCUT2D eigenvalue weighted by Crippen LogP contribution is -2.61. The van der Waals surface area contributed by atoms with Crippen LogP contribution in [0.15, 0.2) is 146 Å². The predicted molar refractivity (Wildman–Crippen MR) is 285 cm³/mol. The van der Waals surface area contributed by atoms with E-state index >= 15 is 0 Å². The number of nitrogens with zero attached hydrogens (tertiary/aromatic N) is 2. The van der Waals surface area contributed by atoms with Crippen LogP contribution in [0.5, 0.6) is 0 Å². The van der Waals surface area contributed by atoms with Crippen LogP contribution in [0, 0.1) is 0 Å². The predicted octanol–water partition coefficient (Wildman–Crippen LogP) is 15.6. The maximum absolute atomic E-state index is 2.68. The Balaban J connectivity index is 1.49. The number of hydrogen-bond donors (Lipinski definition) is 0. The van der Waals surface area contributed by atoms with Crippen LogP contribution in [0.25, 0.3) is 22.3 Å². The highest BCUT2D eigenvalue weighted by atomic mass is 15.2.